The Bertz CT molecular complexity index is 1580. The van der Waals surface area contributed by atoms with Gasteiger partial charge >= 0.3 is 6.03 Å². The van der Waals surface area contributed by atoms with Crippen LogP contribution in [0, 0.1) is 0 Å². The van der Waals surface area contributed by atoms with Gasteiger partial charge in [-0.1, -0.05) is 48.5 Å². The summed E-state index contributed by atoms with van der Waals surface area (Å²) in [6.07, 6.45) is 0. The molecule has 1 saturated heterocycles. The number of benzene rings is 3. The molecular formula is C27H25N5O4. The Balaban J connectivity index is 1.35. The molecule has 0 saturated carbocycles. The highest BCUT2D eigenvalue weighted by molar-refractivity contribution is 6.09. The molecule has 0 radical (unpaired) electrons. The number of carbonyl (C=O) groups excluding carboxylic acids is 3. The Kier molecular flexibility index (Phi) is 5.75. The molecule has 2 N–H and O–H groups in total. The first-order valence-corrected chi connectivity index (χ1v) is 11.7. The van der Waals surface area contributed by atoms with Crippen molar-refractivity contribution >= 4 is 39.5 Å². The number of hydrogen-bond donors (Lipinski definition) is 2. The molecule has 0 spiro atoms. The van der Waals surface area contributed by atoms with Crippen molar-refractivity contribution in [2.24, 2.45) is 0 Å². The quantitative estimate of drug-likeness (QED) is 0.409. The number of urea groups is 1. The van der Waals surface area contributed by atoms with Crippen LogP contribution in [0.3, 0.4) is 0 Å². The van der Waals surface area contributed by atoms with E-state index in [1.807, 2.05) is 42.5 Å². The second-order valence-corrected chi connectivity index (χ2v) is 8.95. The van der Waals surface area contributed by atoms with Crippen LogP contribution < -0.4 is 10.9 Å². The molecule has 1 atom stereocenters. The molecule has 2 heterocycles. The number of amides is 4. The van der Waals surface area contributed by atoms with Crippen LogP contribution in [0.5, 0.6) is 0 Å². The number of hydrogen-bond acceptors (Lipinski definition) is 5. The number of likely N-dealkylation sites (N-methyl/N-ethyl adjacent to an activating group) is 1. The summed E-state index contributed by atoms with van der Waals surface area (Å²) in [6, 6.07) is 19.7. The second-order valence-electron chi connectivity index (χ2n) is 8.95. The number of aromatic nitrogens is 2. The first kappa shape index (κ1) is 23.2. The van der Waals surface area contributed by atoms with Gasteiger partial charge in [-0.3, -0.25) is 19.3 Å². The summed E-state index contributed by atoms with van der Waals surface area (Å²) in [5.41, 5.74) is -0.414. The standard InChI is InChI=1S/C27H25N5O4/c1-3-31(15-22-28-21-11-7-6-10-20(21)24(34)29-22)23(33)16-32-25(35)27(2,30-26(32)36)19-13-12-17-8-4-5-9-18(17)14-19/h4-14H,3,15-16H2,1-2H3,(H,30,36)(H,28,29,34). The summed E-state index contributed by atoms with van der Waals surface area (Å²) >= 11 is 0. The minimum atomic E-state index is -1.29. The zero-order chi connectivity index (χ0) is 25.4. The Hall–Kier alpha value is -4.53. The molecule has 9 heteroatoms. The molecule has 3 aromatic carbocycles. The van der Waals surface area contributed by atoms with Crippen LogP contribution >= 0.6 is 0 Å². The van der Waals surface area contributed by atoms with E-state index in [4.69, 9.17) is 0 Å². The van der Waals surface area contributed by atoms with Gasteiger partial charge in [0.15, 0.2) is 0 Å². The molecule has 9 nitrogen and oxygen atoms in total. The Labute approximate surface area is 206 Å². The number of rotatable bonds is 6. The van der Waals surface area contributed by atoms with Gasteiger partial charge in [-0.15, -0.1) is 0 Å². The second kappa shape index (κ2) is 8.92. The molecule has 0 aliphatic carbocycles. The van der Waals surface area contributed by atoms with E-state index >= 15 is 0 Å². The highest BCUT2D eigenvalue weighted by Gasteiger charge is 2.49. The smallest absolute Gasteiger partial charge is 0.325 e. The van der Waals surface area contributed by atoms with Crippen LogP contribution in [-0.2, 0) is 21.7 Å². The third-order valence-electron chi connectivity index (χ3n) is 6.63. The summed E-state index contributed by atoms with van der Waals surface area (Å²) in [7, 11) is 0. The van der Waals surface area contributed by atoms with Gasteiger partial charge < -0.3 is 15.2 Å². The normalized spacial score (nSPS) is 17.6. The average Bonchev–Trinajstić information content (AvgIpc) is 3.10. The van der Waals surface area contributed by atoms with E-state index in [0.717, 1.165) is 15.7 Å². The molecule has 4 amide bonds. The summed E-state index contributed by atoms with van der Waals surface area (Å²) < 4.78 is 0. The Morgan fingerprint density at radius 1 is 1.00 bits per heavy atom. The third-order valence-corrected chi connectivity index (χ3v) is 6.63. The molecule has 36 heavy (non-hydrogen) atoms. The van der Waals surface area contributed by atoms with Gasteiger partial charge in [0.2, 0.25) is 5.91 Å². The lowest BCUT2D eigenvalue weighted by atomic mass is 9.90. The summed E-state index contributed by atoms with van der Waals surface area (Å²) in [5.74, 6) is -0.601. The lowest BCUT2D eigenvalue weighted by molar-refractivity contribution is -0.139. The molecule has 1 unspecified atom stereocenters. The van der Waals surface area contributed by atoms with Gasteiger partial charge in [-0.25, -0.2) is 9.78 Å². The van der Waals surface area contributed by atoms with Gasteiger partial charge in [0, 0.05) is 6.54 Å². The largest absolute Gasteiger partial charge is 0.334 e. The summed E-state index contributed by atoms with van der Waals surface area (Å²) in [4.78, 5) is 61.2. The number of H-pyrrole nitrogens is 1. The molecule has 182 valence electrons. The van der Waals surface area contributed by atoms with E-state index in [-0.39, 0.29) is 12.1 Å². The summed E-state index contributed by atoms with van der Waals surface area (Å²) in [5, 5.41) is 5.19. The number of aromatic amines is 1. The van der Waals surface area contributed by atoms with Crippen LogP contribution in [0.2, 0.25) is 0 Å². The van der Waals surface area contributed by atoms with Gasteiger partial charge in [0.25, 0.3) is 11.5 Å². The van der Waals surface area contributed by atoms with Gasteiger partial charge in [-0.05, 0) is 48.4 Å². The molecule has 1 aromatic heterocycles. The molecule has 5 rings (SSSR count). The minimum absolute atomic E-state index is 0.0427. The van der Waals surface area contributed by atoms with Crippen molar-refractivity contribution in [2.45, 2.75) is 25.9 Å². The third kappa shape index (κ3) is 3.98. The van der Waals surface area contributed by atoms with Crippen LogP contribution in [0.1, 0.15) is 25.2 Å². The SMILES string of the molecule is CCN(Cc1nc2ccccc2c(=O)[nH]1)C(=O)CN1C(=O)NC(C)(c2ccc3ccccc3c2)C1=O. The number of para-hydroxylation sites is 1. The highest BCUT2D eigenvalue weighted by atomic mass is 16.2. The monoisotopic (exact) mass is 483 g/mol. The Morgan fingerprint density at radius 2 is 1.72 bits per heavy atom. The van der Waals surface area contributed by atoms with Crippen molar-refractivity contribution in [3.05, 3.63) is 88.5 Å². The van der Waals surface area contributed by atoms with E-state index in [9.17, 15) is 19.2 Å². The molecule has 1 aliphatic rings. The molecular weight excluding hydrogens is 458 g/mol. The molecule has 1 fully saturated rings. The predicted octanol–water partition coefficient (Wildman–Crippen LogP) is 2.89. The average molecular weight is 484 g/mol. The first-order valence-electron chi connectivity index (χ1n) is 11.7. The van der Waals surface area contributed by atoms with Gasteiger partial charge in [0.1, 0.15) is 17.9 Å². The number of nitrogens with one attached hydrogen (secondary N) is 2. The zero-order valence-corrected chi connectivity index (χ0v) is 19.9. The van der Waals surface area contributed by atoms with Gasteiger partial charge in [0.05, 0.1) is 17.4 Å². The maximum Gasteiger partial charge on any atom is 0.325 e. The van der Waals surface area contributed by atoms with Crippen molar-refractivity contribution in [3.8, 4) is 0 Å². The topological polar surface area (TPSA) is 115 Å². The minimum Gasteiger partial charge on any atom is -0.334 e. The van der Waals surface area contributed by atoms with Crippen LogP contribution in [-0.4, -0.2) is 50.7 Å². The van der Waals surface area contributed by atoms with Crippen molar-refractivity contribution < 1.29 is 14.4 Å². The maximum absolute atomic E-state index is 13.4. The number of carbonyl (C=O) groups is 3. The fraction of sp³-hybridized carbons (Fsp3) is 0.222. The summed E-state index contributed by atoms with van der Waals surface area (Å²) in [6.45, 7) is 3.35. The van der Waals surface area contributed by atoms with E-state index in [0.29, 0.717) is 28.8 Å². The number of fused-ring (bicyclic) bond motifs is 2. The predicted molar refractivity (Wildman–Crippen MR) is 135 cm³/mol. The number of imide groups is 1. The lowest BCUT2D eigenvalue weighted by Crippen LogP contribution is -2.44. The van der Waals surface area contributed by atoms with Crippen LogP contribution in [0.25, 0.3) is 21.7 Å². The van der Waals surface area contributed by atoms with E-state index in [1.165, 1.54) is 4.90 Å². The van der Waals surface area contributed by atoms with Gasteiger partial charge in [-0.2, -0.15) is 0 Å². The fourth-order valence-corrected chi connectivity index (χ4v) is 4.54. The van der Waals surface area contributed by atoms with Crippen molar-refractivity contribution in [2.75, 3.05) is 13.1 Å². The van der Waals surface area contributed by atoms with Crippen LogP contribution in [0.4, 0.5) is 4.79 Å². The fourth-order valence-electron chi connectivity index (χ4n) is 4.54. The van der Waals surface area contributed by atoms with E-state index < -0.39 is 29.9 Å². The number of nitrogens with zero attached hydrogens (tertiary/aromatic N) is 3. The molecule has 1 aliphatic heterocycles. The van der Waals surface area contributed by atoms with Crippen LogP contribution in [0.15, 0.2) is 71.5 Å². The van der Waals surface area contributed by atoms with Crippen molar-refractivity contribution in [1.82, 2.24) is 25.1 Å². The molecule has 4 aromatic rings. The van der Waals surface area contributed by atoms with Crippen molar-refractivity contribution in [1.29, 1.82) is 0 Å². The van der Waals surface area contributed by atoms with E-state index in [2.05, 4.69) is 15.3 Å². The lowest BCUT2D eigenvalue weighted by Gasteiger charge is -2.24. The van der Waals surface area contributed by atoms with Crippen molar-refractivity contribution in [3.63, 3.8) is 0 Å². The zero-order valence-electron chi connectivity index (χ0n) is 19.9. The maximum atomic E-state index is 13.4. The van der Waals surface area contributed by atoms with E-state index in [1.54, 1.807) is 38.1 Å². The molecule has 0 bridgehead atoms. The highest BCUT2D eigenvalue weighted by Crippen LogP contribution is 2.31. The first-order chi connectivity index (χ1) is 17.3. The Morgan fingerprint density at radius 3 is 2.50 bits per heavy atom.